The number of carbonyl (C=O) groups is 3. The van der Waals surface area contributed by atoms with Gasteiger partial charge in [0.1, 0.15) is 23.2 Å². The second-order valence-electron chi connectivity index (χ2n) is 17.3. The number of cyclic esters (lactones) is 1. The number of thiazole rings is 1. The zero-order valence-electron chi connectivity index (χ0n) is 34.8. The van der Waals surface area contributed by atoms with Crippen LogP contribution in [0.5, 0.6) is 0 Å². The minimum Gasteiger partial charge on any atom is -0.464 e. The van der Waals surface area contributed by atoms with Crippen LogP contribution in [0.2, 0.25) is 0 Å². The second-order valence-corrected chi connectivity index (χ2v) is 18.2. The largest absolute Gasteiger partial charge is 0.464 e. The van der Waals surface area contributed by atoms with Crippen LogP contribution in [0, 0.1) is 29.1 Å². The van der Waals surface area contributed by atoms with E-state index in [9.17, 15) is 14.4 Å². The Kier molecular flexibility index (Phi) is 11.9. The number of hydrogen-bond donors (Lipinski definition) is 2. The third kappa shape index (κ3) is 8.26. The van der Waals surface area contributed by atoms with Crippen molar-refractivity contribution in [1.82, 2.24) is 30.3 Å². The molecule has 2 amide bonds. The van der Waals surface area contributed by atoms with Crippen molar-refractivity contribution in [3.63, 3.8) is 0 Å². The predicted octanol–water partition coefficient (Wildman–Crippen LogP) is 7.28. The van der Waals surface area contributed by atoms with Gasteiger partial charge in [-0.25, -0.2) is 10.4 Å². The number of aryl methyl sites for hydroxylation is 1. The van der Waals surface area contributed by atoms with E-state index in [1.807, 2.05) is 18.4 Å². The Morgan fingerprint density at radius 1 is 1.16 bits per heavy atom. The second kappa shape index (κ2) is 16.6. The van der Waals surface area contributed by atoms with Crippen molar-refractivity contribution >= 4 is 40.0 Å². The summed E-state index contributed by atoms with van der Waals surface area (Å²) in [6, 6.07) is 8.71. The Labute approximate surface area is 340 Å². The summed E-state index contributed by atoms with van der Waals surface area (Å²) in [4.78, 5) is 52.2. The van der Waals surface area contributed by atoms with Crippen LogP contribution in [-0.2, 0) is 41.6 Å². The lowest BCUT2D eigenvalue weighted by molar-refractivity contribution is -0.157. The van der Waals surface area contributed by atoms with Crippen LogP contribution in [0.3, 0.4) is 0 Å². The summed E-state index contributed by atoms with van der Waals surface area (Å²) in [6.07, 6.45) is 2.41. The van der Waals surface area contributed by atoms with E-state index in [0.29, 0.717) is 37.4 Å². The molecule has 2 fully saturated rings. The number of ether oxygens (including phenoxy) is 3. The number of nitrogens with one attached hydrogen (secondary N) is 2. The Bertz CT molecular complexity index is 2120. The molecule has 306 valence electrons. The first-order valence-electron chi connectivity index (χ1n) is 20.5. The molecule has 3 aromatic heterocycles. The molecule has 4 aromatic rings. The lowest BCUT2D eigenvalue weighted by Crippen LogP contribution is -2.61. The summed E-state index contributed by atoms with van der Waals surface area (Å²) in [7, 11) is 1.70. The number of amides is 2. The fourth-order valence-corrected chi connectivity index (χ4v) is 9.36. The first kappa shape index (κ1) is 41.0. The predicted molar refractivity (Wildman–Crippen MR) is 221 cm³/mol. The number of hydrazine groups is 1. The van der Waals surface area contributed by atoms with Crippen LogP contribution in [-0.4, -0.2) is 76.3 Å². The van der Waals surface area contributed by atoms with Gasteiger partial charge in [0, 0.05) is 71.7 Å². The molecule has 6 bridgehead atoms. The third-order valence-electron chi connectivity index (χ3n) is 12.0. The molecule has 7 rings (SSSR count). The molecule has 1 aromatic carbocycles. The Morgan fingerprint density at radius 3 is 2.63 bits per heavy atom. The Hall–Kier alpha value is -4.17. The molecular weight excluding hydrogens is 741 g/mol. The molecular formula is C44H58N6O6S. The molecule has 1 saturated carbocycles. The number of rotatable bonds is 9. The van der Waals surface area contributed by atoms with Gasteiger partial charge in [0.25, 0.3) is 5.91 Å². The molecule has 7 atom stereocenters. The summed E-state index contributed by atoms with van der Waals surface area (Å²) in [5.74, 6) is -0.555. The van der Waals surface area contributed by atoms with Crippen molar-refractivity contribution < 1.29 is 28.6 Å². The van der Waals surface area contributed by atoms with E-state index >= 15 is 0 Å². The molecule has 57 heavy (non-hydrogen) atoms. The number of esters is 1. The van der Waals surface area contributed by atoms with Gasteiger partial charge in [0.2, 0.25) is 5.91 Å². The van der Waals surface area contributed by atoms with Gasteiger partial charge >= 0.3 is 5.97 Å². The van der Waals surface area contributed by atoms with E-state index in [-0.39, 0.29) is 48.2 Å². The van der Waals surface area contributed by atoms with Crippen LogP contribution in [0.4, 0.5) is 0 Å². The highest BCUT2D eigenvalue weighted by molar-refractivity contribution is 7.10. The Morgan fingerprint density at radius 2 is 1.93 bits per heavy atom. The fraction of sp³-hybridized carbons (Fsp3) is 0.568. The summed E-state index contributed by atoms with van der Waals surface area (Å²) >= 11 is 1.42. The standard InChI is InChI=1S/C44H58N6O6S/c1-10-49-34-16-15-28-19-30(34)31(38(49)29-13-11-17-45-36(29)27(6)54-9)20-44(7,8)23-56-43(53)32-14-12-18-50(48-32)42(52)37(47-40(51)35-25(4)26(35)5)39(55-21-24(2)3)41-46-33(28)22-57-41/h11,13,15-17,19,22,24-27,32,35,37,39,48H,10,12,14,18,20-21,23H2,1-9H3,(H,47,51)/t25-,26+,27-,32-,35?,37-,39-/m0/s1. The van der Waals surface area contributed by atoms with Crippen molar-refractivity contribution in [3.8, 4) is 22.5 Å². The zero-order valence-corrected chi connectivity index (χ0v) is 35.6. The minimum absolute atomic E-state index is 0.161. The van der Waals surface area contributed by atoms with Gasteiger partial charge in [0.15, 0.2) is 0 Å². The summed E-state index contributed by atoms with van der Waals surface area (Å²) < 4.78 is 20.8. The van der Waals surface area contributed by atoms with Crippen LogP contribution in [0.1, 0.15) is 96.7 Å². The first-order valence-corrected chi connectivity index (χ1v) is 21.4. The minimum atomic E-state index is -1.08. The lowest BCUT2D eigenvalue weighted by Gasteiger charge is -2.37. The molecule has 1 saturated heterocycles. The number of carbonyl (C=O) groups excluding carboxylic acids is 3. The highest BCUT2D eigenvalue weighted by Gasteiger charge is 2.50. The number of fused-ring (bicyclic) bond motifs is 6. The third-order valence-corrected chi connectivity index (χ3v) is 12.9. The van der Waals surface area contributed by atoms with E-state index in [1.165, 1.54) is 16.3 Å². The normalized spacial score (nSPS) is 25.6. The maximum Gasteiger partial charge on any atom is 0.324 e. The van der Waals surface area contributed by atoms with Crippen LogP contribution in [0.15, 0.2) is 41.9 Å². The van der Waals surface area contributed by atoms with Gasteiger partial charge in [-0.1, -0.05) is 47.6 Å². The van der Waals surface area contributed by atoms with E-state index in [4.69, 9.17) is 24.2 Å². The van der Waals surface area contributed by atoms with E-state index in [0.717, 1.165) is 51.2 Å². The smallest absolute Gasteiger partial charge is 0.324 e. The van der Waals surface area contributed by atoms with E-state index < -0.39 is 29.6 Å². The van der Waals surface area contributed by atoms with Crippen molar-refractivity contribution in [2.45, 2.75) is 105 Å². The monoisotopic (exact) mass is 798 g/mol. The molecule has 0 spiro atoms. The topological polar surface area (TPSA) is 137 Å². The molecule has 1 unspecified atom stereocenters. The molecule has 1 aliphatic carbocycles. The van der Waals surface area contributed by atoms with Gasteiger partial charge in [-0.15, -0.1) is 11.3 Å². The Balaban J connectivity index is 1.40. The number of nitrogens with zero attached hydrogens (tertiary/aromatic N) is 4. The van der Waals surface area contributed by atoms with Gasteiger partial charge in [-0.3, -0.25) is 24.4 Å². The van der Waals surface area contributed by atoms with E-state index in [1.54, 1.807) is 13.3 Å². The average Bonchev–Trinajstić information content (AvgIpc) is 3.49. The fourth-order valence-electron chi connectivity index (χ4n) is 8.45. The highest BCUT2D eigenvalue weighted by Crippen LogP contribution is 2.46. The van der Waals surface area contributed by atoms with Gasteiger partial charge in [0.05, 0.1) is 29.8 Å². The molecule has 12 nitrogen and oxygen atoms in total. The lowest BCUT2D eigenvalue weighted by atomic mass is 9.84. The van der Waals surface area contributed by atoms with Gasteiger partial charge in [-0.05, 0) is 80.7 Å². The maximum atomic E-state index is 14.7. The quantitative estimate of drug-likeness (QED) is 0.168. The molecule has 13 heteroatoms. The molecule has 5 heterocycles. The zero-order chi connectivity index (χ0) is 40.8. The molecule has 2 aliphatic heterocycles. The molecule has 3 aliphatic rings. The van der Waals surface area contributed by atoms with Crippen molar-refractivity contribution in [3.05, 3.63) is 58.2 Å². The maximum absolute atomic E-state index is 14.7. The van der Waals surface area contributed by atoms with Crippen molar-refractivity contribution in [1.29, 1.82) is 0 Å². The van der Waals surface area contributed by atoms with Crippen molar-refractivity contribution in [2.75, 3.05) is 26.9 Å². The molecule has 0 radical (unpaired) electrons. The number of benzene rings is 1. The average molecular weight is 799 g/mol. The highest BCUT2D eigenvalue weighted by atomic mass is 32.1. The van der Waals surface area contributed by atoms with Crippen LogP contribution in [0.25, 0.3) is 33.4 Å². The van der Waals surface area contributed by atoms with Crippen LogP contribution >= 0.6 is 11.3 Å². The number of hydrogen-bond acceptors (Lipinski definition) is 10. The number of pyridine rings is 1. The van der Waals surface area contributed by atoms with Crippen LogP contribution < -0.4 is 10.7 Å². The number of aromatic nitrogens is 3. The summed E-state index contributed by atoms with van der Waals surface area (Å²) in [5.41, 5.74) is 9.50. The van der Waals surface area contributed by atoms with Crippen molar-refractivity contribution in [2.24, 2.45) is 29.1 Å². The molecule has 2 N–H and O–H groups in total. The SMILES string of the molecule is CCn1c(-c2cccnc2[C@H](C)OC)c2c3cc(ccc31)-c1csc(n1)[C@@H](OCC(C)C)[C@H](NC(=O)C1[C@@H](C)[C@H]1C)C(=O)N1CCC[C@H](N1)C(=O)OCC(C)(C)C2. The summed E-state index contributed by atoms with van der Waals surface area (Å²) in [5, 5.41) is 8.26. The van der Waals surface area contributed by atoms with Gasteiger partial charge in [-0.2, -0.15) is 0 Å². The number of methoxy groups -OCH3 is 1. The first-order chi connectivity index (χ1) is 27.2. The van der Waals surface area contributed by atoms with E-state index in [2.05, 4.69) is 88.0 Å². The summed E-state index contributed by atoms with van der Waals surface area (Å²) in [6.45, 7) is 18.2. The van der Waals surface area contributed by atoms with Gasteiger partial charge < -0.3 is 24.1 Å².